The number of amidine groups is 1. The molecule has 8 heteroatoms. The molecule has 2 aromatic rings. The van der Waals surface area contributed by atoms with E-state index in [1.54, 1.807) is 19.1 Å². The zero-order chi connectivity index (χ0) is 14.5. The highest BCUT2D eigenvalue weighted by Gasteiger charge is 2.11. The van der Waals surface area contributed by atoms with Crippen LogP contribution in [0, 0.1) is 12.7 Å². The Kier molecular flexibility index (Phi) is 4.26. The Morgan fingerprint density at radius 2 is 2.30 bits per heavy atom. The molecule has 7 nitrogen and oxygen atoms in total. The summed E-state index contributed by atoms with van der Waals surface area (Å²) < 4.78 is 18.9. The number of nitrogens with one attached hydrogen (secondary N) is 1. The van der Waals surface area contributed by atoms with E-state index in [-0.39, 0.29) is 17.9 Å². The van der Waals surface area contributed by atoms with Crippen molar-refractivity contribution in [3.63, 3.8) is 0 Å². The molecule has 0 aliphatic rings. The maximum absolute atomic E-state index is 14.1. The van der Waals surface area contributed by atoms with Crippen molar-refractivity contribution in [2.75, 3.05) is 0 Å². The summed E-state index contributed by atoms with van der Waals surface area (Å²) in [6.07, 6.45) is 0. The Morgan fingerprint density at radius 1 is 1.50 bits per heavy atom. The van der Waals surface area contributed by atoms with Crippen molar-refractivity contribution in [3.05, 3.63) is 46.9 Å². The number of hydrogen-bond donors (Lipinski definition) is 3. The average molecular weight is 279 g/mol. The van der Waals surface area contributed by atoms with Crippen LogP contribution >= 0.6 is 0 Å². The molecule has 0 aliphatic heterocycles. The topological polar surface area (TPSA) is 110 Å². The van der Waals surface area contributed by atoms with Gasteiger partial charge in [-0.05, 0) is 6.07 Å². The van der Waals surface area contributed by atoms with Gasteiger partial charge in [-0.2, -0.15) is 4.98 Å². The first-order chi connectivity index (χ1) is 9.61. The highest BCUT2D eigenvalue weighted by Crippen LogP contribution is 2.12. The predicted octanol–water partition coefficient (Wildman–Crippen LogP) is 0.901. The van der Waals surface area contributed by atoms with E-state index in [2.05, 4.69) is 20.6 Å². The summed E-state index contributed by atoms with van der Waals surface area (Å²) in [5, 5.41) is 18.1. The van der Waals surface area contributed by atoms with Gasteiger partial charge < -0.3 is 20.8 Å². The molecule has 0 radical (unpaired) electrons. The molecule has 1 aromatic heterocycles. The molecular weight excluding hydrogens is 265 g/mol. The van der Waals surface area contributed by atoms with E-state index >= 15 is 0 Å². The third-order valence-corrected chi connectivity index (χ3v) is 2.63. The van der Waals surface area contributed by atoms with E-state index in [1.807, 2.05) is 0 Å². The van der Waals surface area contributed by atoms with E-state index in [0.717, 1.165) is 0 Å². The van der Waals surface area contributed by atoms with Gasteiger partial charge in [0.1, 0.15) is 5.82 Å². The maximum Gasteiger partial charge on any atom is 0.223 e. The van der Waals surface area contributed by atoms with E-state index in [1.165, 1.54) is 6.07 Å². The lowest BCUT2D eigenvalue weighted by molar-refractivity contribution is 0.318. The van der Waals surface area contributed by atoms with Gasteiger partial charge >= 0.3 is 0 Å². The van der Waals surface area contributed by atoms with Crippen LogP contribution in [0.5, 0.6) is 0 Å². The van der Waals surface area contributed by atoms with Gasteiger partial charge in [-0.1, -0.05) is 22.4 Å². The Balaban J connectivity index is 2.03. The standard InChI is InChI=1S/C12H14FN5O2/c1-7-16-10(18-20-7)6-15-5-8-3-2-4-9(11(8)13)12(14)17-19/h2-4,15,19H,5-6H2,1H3,(H2,14,17). The van der Waals surface area contributed by atoms with Crippen molar-refractivity contribution in [3.8, 4) is 0 Å². The summed E-state index contributed by atoms with van der Waals surface area (Å²) >= 11 is 0. The quantitative estimate of drug-likeness (QED) is 0.325. The van der Waals surface area contributed by atoms with Gasteiger partial charge in [0.05, 0.1) is 12.1 Å². The molecule has 4 N–H and O–H groups in total. The molecule has 2 rings (SSSR count). The summed E-state index contributed by atoms with van der Waals surface area (Å²) in [4.78, 5) is 4.02. The minimum Gasteiger partial charge on any atom is -0.409 e. The number of oxime groups is 1. The van der Waals surface area contributed by atoms with Crippen molar-refractivity contribution in [1.29, 1.82) is 0 Å². The summed E-state index contributed by atoms with van der Waals surface area (Å²) in [7, 11) is 0. The van der Waals surface area contributed by atoms with Crippen LogP contribution < -0.4 is 11.1 Å². The fourth-order valence-corrected chi connectivity index (χ4v) is 1.69. The van der Waals surface area contributed by atoms with Crippen LogP contribution in [0.1, 0.15) is 22.8 Å². The first-order valence-electron chi connectivity index (χ1n) is 5.87. The van der Waals surface area contributed by atoms with Crippen molar-refractivity contribution >= 4 is 5.84 Å². The van der Waals surface area contributed by atoms with Crippen LogP contribution in [0.15, 0.2) is 27.9 Å². The first-order valence-corrected chi connectivity index (χ1v) is 5.87. The summed E-state index contributed by atoms with van der Waals surface area (Å²) in [6, 6.07) is 4.68. The number of aromatic nitrogens is 2. The fourth-order valence-electron chi connectivity index (χ4n) is 1.69. The minimum absolute atomic E-state index is 0.0576. The number of nitrogens with zero attached hydrogens (tertiary/aromatic N) is 3. The van der Waals surface area contributed by atoms with Crippen molar-refractivity contribution in [2.45, 2.75) is 20.0 Å². The van der Waals surface area contributed by atoms with E-state index in [4.69, 9.17) is 15.5 Å². The SMILES string of the molecule is Cc1nc(CNCc2cccc(/C(N)=N/O)c2F)no1. The largest absolute Gasteiger partial charge is 0.409 e. The summed E-state index contributed by atoms with van der Waals surface area (Å²) in [5.74, 6) is 0.176. The zero-order valence-corrected chi connectivity index (χ0v) is 10.8. The van der Waals surface area contributed by atoms with Crippen LogP contribution in [0.4, 0.5) is 4.39 Å². The molecule has 0 bridgehead atoms. The second-order valence-corrected chi connectivity index (χ2v) is 4.10. The number of halogens is 1. The van der Waals surface area contributed by atoms with Crippen molar-refractivity contribution in [2.24, 2.45) is 10.9 Å². The number of hydrogen-bond acceptors (Lipinski definition) is 6. The smallest absolute Gasteiger partial charge is 0.223 e. The molecule has 0 fully saturated rings. The lowest BCUT2D eigenvalue weighted by atomic mass is 10.1. The van der Waals surface area contributed by atoms with Gasteiger partial charge in [-0.25, -0.2) is 4.39 Å². The molecule has 1 aromatic carbocycles. The van der Waals surface area contributed by atoms with Crippen LogP contribution in [-0.4, -0.2) is 21.2 Å². The van der Waals surface area contributed by atoms with Crippen molar-refractivity contribution in [1.82, 2.24) is 15.5 Å². The molecule has 20 heavy (non-hydrogen) atoms. The third-order valence-electron chi connectivity index (χ3n) is 2.63. The Hall–Kier alpha value is -2.48. The molecule has 0 aliphatic carbocycles. The molecular formula is C12H14FN5O2. The van der Waals surface area contributed by atoms with E-state index < -0.39 is 5.82 Å². The molecule has 0 saturated heterocycles. The lowest BCUT2D eigenvalue weighted by Crippen LogP contribution is -2.19. The number of aryl methyl sites for hydroxylation is 1. The Morgan fingerprint density at radius 3 is 2.95 bits per heavy atom. The maximum atomic E-state index is 14.1. The monoisotopic (exact) mass is 279 g/mol. The minimum atomic E-state index is -0.528. The van der Waals surface area contributed by atoms with Crippen LogP contribution in [-0.2, 0) is 13.1 Å². The van der Waals surface area contributed by atoms with Crippen LogP contribution in [0.3, 0.4) is 0 Å². The van der Waals surface area contributed by atoms with Gasteiger partial charge in [0.25, 0.3) is 0 Å². The van der Waals surface area contributed by atoms with Gasteiger partial charge in [0.2, 0.25) is 5.89 Å². The fraction of sp³-hybridized carbons (Fsp3) is 0.250. The summed E-state index contributed by atoms with van der Waals surface area (Å²) in [6.45, 7) is 2.30. The van der Waals surface area contributed by atoms with Crippen LogP contribution in [0.2, 0.25) is 0 Å². The molecule has 0 atom stereocenters. The molecule has 0 spiro atoms. The van der Waals surface area contributed by atoms with E-state index in [9.17, 15) is 4.39 Å². The van der Waals surface area contributed by atoms with Gasteiger partial charge in [0.15, 0.2) is 11.7 Å². The van der Waals surface area contributed by atoms with E-state index in [0.29, 0.717) is 23.8 Å². The number of nitrogens with two attached hydrogens (primary N) is 1. The number of benzene rings is 1. The molecule has 1 heterocycles. The highest BCUT2D eigenvalue weighted by molar-refractivity contribution is 5.97. The Bertz CT molecular complexity index is 626. The lowest BCUT2D eigenvalue weighted by Gasteiger charge is -2.07. The predicted molar refractivity (Wildman–Crippen MR) is 68.5 cm³/mol. The van der Waals surface area contributed by atoms with Crippen molar-refractivity contribution < 1.29 is 14.1 Å². The third kappa shape index (κ3) is 3.09. The molecule has 0 unspecified atom stereocenters. The van der Waals surface area contributed by atoms with Gasteiger partial charge in [-0.3, -0.25) is 0 Å². The first kappa shape index (κ1) is 13.9. The highest BCUT2D eigenvalue weighted by atomic mass is 19.1. The second-order valence-electron chi connectivity index (χ2n) is 4.10. The molecule has 0 saturated carbocycles. The normalized spacial score (nSPS) is 11.8. The Labute approximate surface area is 114 Å². The molecule has 0 amide bonds. The second kappa shape index (κ2) is 6.11. The average Bonchev–Trinajstić information content (AvgIpc) is 2.85. The summed E-state index contributed by atoms with van der Waals surface area (Å²) in [5.41, 5.74) is 5.85. The van der Waals surface area contributed by atoms with Crippen LogP contribution in [0.25, 0.3) is 0 Å². The zero-order valence-electron chi connectivity index (χ0n) is 10.8. The molecule has 106 valence electrons. The van der Waals surface area contributed by atoms with Gasteiger partial charge in [0, 0.05) is 19.0 Å². The number of rotatable bonds is 5. The van der Waals surface area contributed by atoms with Gasteiger partial charge in [-0.15, -0.1) is 0 Å².